The normalized spacial score (nSPS) is 11.5. The largest absolute Gasteiger partial charge is 0.0654 e. The molecule has 0 spiro atoms. The number of rotatable bonds is 18. The molecule has 0 radical (unpaired) electrons. The van der Waals surface area contributed by atoms with Crippen LogP contribution in [0.2, 0.25) is 0 Å². The van der Waals surface area contributed by atoms with Crippen LogP contribution in [0.3, 0.4) is 0 Å². The van der Waals surface area contributed by atoms with Crippen LogP contribution in [0.15, 0.2) is 200 Å². The highest BCUT2D eigenvalue weighted by Gasteiger charge is 2.20. The Bertz CT molecular complexity index is 2960. The lowest BCUT2D eigenvalue weighted by Crippen LogP contribution is -1.95. The van der Waals surface area contributed by atoms with Gasteiger partial charge in [0, 0.05) is 0 Å². The van der Waals surface area contributed by atoms with Crippen LogP contribution in [0.25, 0.3) is 99.1 Å². The molecule has 342 valence electrons. The highest BCUT2D eigenvalue weighted by atomic mass is 14.2. The van der Waals surface area contributed by atoms with Gasteiger partial charge in [-0.1, -0.05) is 241 Å². The van der Waals surface area contributed by atoms with Crippen molar-refractivity contribution in [2.75, 3.05) is 0 Å². The van der Waals surface area contributed by atoms with Crippen molar-refractivity contribution in [1.29, 1.82) is 0 Å². The minimum Gasteiger partial charge on any atom is -0.0654 e. The third-order valence-electron chi connectivity index (χ3n) is 14.6. The zero-order chi connectivity index (χ0) is 46.9. The van der Waals surface area contributed by atoms with E-state index >= 15 is 0 Å². The van der Waals surface area contributed by atoms with Crippen molar-refractivity contribution in [3.63, 3.8) is 0 Å². The van der Waals surface area contributed by atoms with E-state index < -0.39 is 0 Å². The average molecular weight is 895 g/mol. The Hall–Kier alpha value is -7.02. The summed E-state index contributed by atoms with van der Waals surface area (Å²) in [5.41, 5.74) is 19.2. The number of hydrogen-bond acceptors (Lipinski definition) is 0. The molecular weight excluding hydrogens is 829 g/mol. The minimum absolute atomic E-state index is 1.12. The maximum atomic E-state index is 2.48. The molecule has 0 nitrogen and oxygen atoms in total. The predicted octanol–water partition coefficient (Wildman–Crippen LogP) is 20.3. The molecule has 0 N–H and O–H groups in total. The zero-order valence-corrected chi connectivity index (χ0v) is 41.0. The van der Waals surface area contributed by atoms with Crippen LogP contribution >= 0.6 is 0 Å². The van der Waals surface area contributed by atoms with Gasteiger partial charge in [0.1, 0.15) is 0 Å². The molecule has 0 aliphatic carbocycles. The van der Waals surface area contributed by atoms with Crippen LogP contribution in [0.4, 0.5) is 0 Å². The van der Waals surface area contributed by atoms with E-state index in [0.717, 1.165) is 19.3 Å². The summed E-state index contributed by atoms with van der Waals surface area (Å²) in [5.74, 6) is 0. The lowest BCUT2D eigenvalue weighted by molar-refractivity contribution is 0.717. The Morgan fingerprint density at radius 1 is 0.246 bits per heavy atom. The van der Waals surface area contributed by atoms with E-state index in [1.54, 1.807) is 0 Å². The summed E-state index contributed by atoms with van der Waals surface area (Å²) >= 11 is 0. The van der Waals surface area contributed by atoms with Crippen LogP contribution in [-0.4, -0.2) is 0 Å². The quantitative estimate of drug-likeness (QED) is 0.0753. The highest BCUT2D eigenvalue weighted by molar-refractivity contribution is 6.09. The molecule has 69 heavy (non-hydrogen) atoms. The Balaban J connectivity index is 1.22. The molecule has 0 heterocycles. The molecule has 10 rings (SSSR count). The summed E-state index contributed by atoms with van der Waals surface area (Å²) in [6.45, 7) is 6.85. The molecule has 10 aromatic carbocycles. The van der Waals surface area contributed by atoms with Gasteiger partial charge in [0.05, 0.1) is 0 Å². The van der Waals surface area contributed by atoms with Crippen molar-refractivity contribution in [1.82, 2.24) is 0 Å². The molecule has 0 heteroatoms. The number of unbranched alkanes of at least 4 members (excludes halogenated alkanes) is 6. The fraction of sp³-hybridized carbons (Fsp3) is 0.217. The first kappa shape index (κ1) is 45.7. The van der Waals surface area contributed by atoms with Gasteiger partial charge in [0.15, 0.2) is 0 Å². The van der Waals surface area contributed by atoms with E-state index in [9.17, 15) is 0 Å². The maximum absolute atomic E-state index is 2.48. The van der Waals surface area contributed by atoms with Crippen LogP contribution in [0.5, 0.6) is 0 Å². The van der Waals surface area contributed by atoms with Crippen molar-refractivity contribution < 1.29 is 0 Å². The molecule has 0 saturated heterocycles. The van der Waals surface area contributed by atoms with Gasteiger partial charge in [-0.05, 0) is 172 Å². The zero-order valence-electron chi connectivity index (χ0n) is 41.0. The van der Waals surface area contributed by atoms with Gasteiger partial charge < -0.3 is 0 Å². The number of aryl methyl sites for hydroxylation is 3. The molecule has 0 bridgehead atoms. The summed E-state index contributed by atoms with van der Waals surface area (Å²) < 4.78 is 0. The summed E-state index contributed by atoms with van der Waals surface area (Å²) in [6.07, 6.45) is 14.5. The van der Waals surface area contributed by atoms with Gasteiger partial charge in [-0.15, -0.1) is 0 Å². The second-order valence-electron chi connectivity index (χ2n) is 19.4. The maximum Gasteiger partial charge on any atom is -0.00268 e. The van der Waals surface area contributed by atoms with Crippen molar-refractivity contribution in [2.45, 2.75) is 97.8 Å². The Morgan fingerprint density at radius 2 is 0.522 bits per heavy atom. The Labute approximate surface area is 411 Å². The van der Waals surface area contributed by atoms with Gasteiger partial charge in [-0.2, -0.15) is 0 Å². The van der Waals surface area contributed by atoms with Crippen molar-refractivity contribution in [3.05, 3.63) is 217 Å². The average Bonchev–Trinajstić information content (AvgIpc) is 3.40. The predicted molar refractivity (Wildman–Crippen MR) is 301 cm³/mol. The molecule has 0 saturated carbocycles. The number of hydrogen-bond donors (Lipinski definition) is 0. The molecule has 0 atom stereocenters. The first-order chi connectivity index (χ1) is 34.1. The molecule has 0 amide bonds. The first-order valence-corrected chi connectivity index (χ1v) is 26.1. The highest BCUT2D eigenvalue weighted by Crippen LogP contribution is 2.46. The van der Waals surface area contributed by atoms with Crippen LogP contribution in [0, 0.1) is 0 Å². The second-order valence-corrected chi connectivity index (χ2v) is 19.4. The van der Waals surface area contributed by atoms with E-state index in [0.29, 0.717) is 0 Å². The van der Waals surface area contributed by atoms with Gasteiger partial charge in [-0.3, -0.25) is 0 Å². The monoisotopic (exact) mass is 895 g/mol. The first-order valence-electron chi connectivity index (χ1n) is 26.1. The van der Waals surface area contributed by atoms with Crippen molar-refractivity contribution >= 4 is 32.3 Å². The number of benzene rings is 10. The van der Waals surface area contributed by atoms with Gasteiger partial charge in [0.2, 0.25) is 0 Å². The van der Waals surface area contributed by atoms with Gasteiger partial charge >= 0.3 is 0 Å². The SMILES string of the molecule is CCCCCc1ccc(-c2c(-c3cc(-c4ccc5ccccc5c4-c4ccc(CCCCC)cc4)cc(-c4ccc5ccccc5c4-c4ccc(CCCCC)cc4)c3)ccc3ccccc23)cc1. The van der Waals surface area contributed by atoms with Crippen LogP contribution in [-0.2, 0) is 19.3 Å². The van der Waals surface area contributed by atoms with Gasteiger partial charge in [0.25, 0.3) is 0 Å². The lowest BCUT2D eigenvalue weighted by Gasteiger charge is -2.21. The smallest absolute Gasteiger partial charge is 0.00268 e. The molecule has 0 aliphatic heterocycles. The van der Waals surface area contributed by atoms with E-state index in [-0.39, 0.29) is 0 Å². The van der Waals surface area contributed by atoms with E-state index in [1.165, 1.54) is 174 Å². The molecule has 0 fully saturated rings. The molecular formula is C69H66. The minimum atomic E-state index is 1.12. The second kappa shape index (κ2) is 21.5. The third-order valence-corrected chi connectivity index (χ3v) is 14.6. The summed E-state index contributed by atoms with van der Waals surface area (Å²) in [4.78, 5) is 0. The summed E-state index contributed by atoms with van der Waals surface area (Å²) in [6, 6.07) is 76.8. The topological polar surface area (TPSA) is 0 Å². The third kappa shape index (κ3) is 9.95. The summed E-state index contributed by atoms with van der Waals surface area (Å²) in [5, 5.41) is 7.59. The van der Waals surface area contributed by atoms with E-state index in [2.05, 4.69) is 221 Å². The Morgan fingerprint density at radius 3 is 0.797 bits per heavy atom. The van der Waals surface area contributed by atoms with Crippen molar-refractivity contribution in [2.24, 2.45) is 0 Å². The Kier molecular flexibility index (Phi) is 14.3. The lowest BCUT2D eigenvalue weighted by atomic mass is 9.83. The van der Waals surface area contributed by atoms with Gasteiger partial charge in [-0.25, -0.2) is 0 Å². The van der Waals surface area contributed by atoms with E-state index in [4.69, 9.17) is 0 Å². The standard InChI is InChI=1S/C69H66/c1-4-7-10-19-49-28-34-55(35-29-49)67-61-25-16-13-22-52(61)40-43-64(67)58-46-59(65-44-41-53-23-14-17-26-62(53)68(65)56-36-30-50(31-37-56)20-11-8-5-2)48-60(47-58)66-45-42-54-24-15-18-27-63(54)69(66)57-38-32-51(33-39-57)21-12-9-6-3/h13-18,22-48H,4-12,19-21H2,1-3H3. The van der Waals surface area contributed by atoms with Crippen LogP contribution < -0.4 is 0 Å². The van der Waals surface area contributed by atoms with Crippen molar-refractivity contribution in [3.8, 4) is 66.8 Å². The number of fused-ring (bicyclic) bond motifs is 3. The molecule has 0 aromatic heterocycles. The fourth-order valence-electron chi connectivity index (χ4n) is 10.8. The summed E-state index contributed by atoms with van der Waals surface area (Å²) in [7, 11) is 0. The molecule has 0 aliphatic rings. The van der Waals surface area contributed by atoms with Crippen LogP contribution in [0.1, 0.15) is 95.2 Å². The fourth-order valence-corrected chi connectivity index (χ4v) is 10.8. The van der Waals surface area contributed by atoms with E-state index in [1.807, 2.05) is 0 Å². The molecule has 0 unspecified atom stereocenters. The molecule has 10 aromatic rings.